The zero-order chi connectivity index (χ0) is 12.5. The lowest BCUT2D eigenvalue weighted by molar-refractivity contribution is -0.120. The normalized spacial score (nSPS) is 23.7. The summed E-state index contributed by atoms with van der Waals surface area (Å²) in [4.78, 5) is 15.7. The highest BCUT2D eigenvalue weighted by atomic mass is 16.6. The molecule has 6 heteroatoms. The van der Waals surface area contributed by atoms with E-state index in [1.807, 2.05) is 18.2 Å². The lowest BCUT2D eigenvalue weighted by Gasteiger charge is -2.19. The van der Waals surface area contributed by atoms with E-state index in [2.05, 4.69) is 15.6 Å². The van der Waals surface area contributed by atoms with Crippen LogP contribution in [-0.4, -0.2) is 32.1 Å². The third kappa shape index (κ3) is 1.75. The lowest BCUT2D eigenvalue weighted by Crippen LogP contribution is -2.24. The minimum atomic E-state index is -0.431. The van der Waals surface area contributed by atoms with E-state index in [0.717, 1.165) is 5.56 Å². The van der Waals surface area contributed by atoms with Crippen molar-refractivity contribution in [3.63, 3.8) is 0 Å². The Morgan fingerprint density at radius 2 is 2.06 bits per heavy atom. The maximum Gasteiger partial charge on any atom is 0.253 e. The zero-order valence-electron chi connectivity index (χ0n) is 9.90. The average Bonchev–Trinajstić information content (AvgIpc) is 2.79. The Morgan fingerprint density at radius 1 is 1.28 bits per heavy atom. The Labute approximate surface area is 104 Å². The summed E-state index contributed by atoms with van der Waals surface area (Å²) >= 11 is 0. The average molecular weight is 247 g/mol. The predicted octanol–water partition coefficient (Wildman–Crippen LogP) is 0.204. The van der Waals surface area contributed by atoms with Crippen LogP contribution in [0.5, 0.6) is 11.5 Å². The summed E-state index contributed by atoms with van der Waals surface area (Å²) in [5.41, 5.74) is 0.829. The molecule has 0 saturated carbocycles. The second-order valence-corrected chi connectivity index (χ2v) is 4.04. The first-order valence-corrected chi connectivity index (χ1v) is 5.71. The van der Waals surface area contributed by atoms with E-state index >= 15 is 0 Å². The van der Waals surface area contributed by atoms with Crippen molar-refractivity contribution in [1.29, 1.82) is 0 Å². The van der Waals surface area contributed by atoms with Crippen molar-refractivity contribution in [1.82, 2.24) is 10.6 Å². The van der Waals surface area contributed by atoms with Crippen molar-refractivity contribution in [2.24, 2.45) is 4.99 Å². The highest BCUT2D eigenvalue weighted by Gasteiger charge is 2.30. The first-order valence-electron chi connectivity index (χ1n) is 5.71. The van der Waals surface area contributed by atoms with Gasteiger partial charge in [0.1, 0.15) is 19.3 Å². The van der Waals surface area contributed by atoms with Gasteiger partial charge in [0.2, 0.25) is 0 Å². The molecule has 0 radical (unpaired) electrons. The van der Waals surface area contributed by atoms with Crippen molar-refractivity contribution in [2.45, 2.75) is 6.04 Å². The second-order valence-electron chi connectivity index (χ2n) is 4.04. The van der Waals surface area contributed by atoms with Gasteiger partial charge >= 0.3 is 0 Å². The highest BCUT2D eigenvalue weighted by Crippen LogP contribution is 2.33. The third-order valence-corrected chi connectivity index (χ3v) is 2.91. The molecule has 0 bridgehead atoms. The molecule has 1 unspecified atom stereocenters. The fraction of sp³-hybridized carbons (Fsp3) is 0.333. The number of nitrogens with zero attached hydrogens (tertiary/aromatic N) is 1. The first kappa shape index (κ1) is 10.9. The van der Waals surface area contributed by atoms with E-state index < -0.39 is 6.04 Å². The molecule has 3 rings (SSSR count). The molecule has 0 aromatic heterocycles. The van der Waals surface area contributed by atoms with Crippen LogP contribution in [-0.2, 0) is 4.79 Å². The van der Waals surface area contributed by atoms with Gasteiger partial charge in [0.05, 0.1) is 0 Å². The van der Waals surface area contributed by atoms with E-state index in [4.69, 9.17) is 9.47 Å². The van der Waals surface area contributed by atoms with E-state index in [9.17, 15) is 4.79 Å². The van der Waals surface area contributed by atoms with Crippen LogP contribution in [0.4, 0.5) is 0 Å². The monoisotopic (exact) mass is 247 g/mol. The number of aliphatic imine (C=N–C) groups is 1. The molecule has 94 valence electrons. The molecule has 18 heavy (non-hydrogen) atoms. The number of fused-ring (bicyclic) bond motifs is 1. The summed E-state index contributed by atoms with van der Waals surface area (Å²) in [6.45, 7) is 1.09. The molecular weight excluding hydrogens is 234 g/mol. The highest BCUT2D eigenvalue weighted by molar-refractivity contribution is 6.06. The molecule has 0 spiro atoms. The van der Waals surface area contributed by atoms with Crippen LogP contribution in [0.3, 0.4) is 0 Å². The van der Waals surface area contributed by atoms with Gasteiger partial charge in [-0.25, -0.2) is 0 Å². The molecule has 2 aliphatic heterocycles. The van der Waals surface area contributed by atoms with E-state index in [0.29, 0.717) is 30.7 Å². The second kappa shape index (κ2) is 4.21. The topological polar surface area (TPSA) is 72.0 Å². The summed E-state index contributed by atoms with van der Waals surface area (Å²) in [5.74, 6) is 1.76. The number of carbonyl (C=O) groups excluding carboxylic acids is 1. The van der Waals surface area contributed by atoms with Gasteiger partial charge in [-0.05, 0) is 17.7 Å². The molecule has 6 nitrogen and oxygen atoms in total. The Bertz CT molecular complexity index is 527. The molecule has 2 heterocycles. The predicted molar refractivity (Wildman–Crippen MR) is 64.8 cm³/mol. The minimum absolute atomic E-state index is 0.118. The van der Waals surface area contributed by atoms with Crippen LogP contribution >= 0.6 is 0 Å². The maximum absolute atomic E-state index is 11.8. The van der Waals surface area contributed by atoms with Crippen molar-refractivity contribution in [3.05, 3.63) is 23.8 Å². The summed E-state index contributed by atoms with van der Waals surface area (Å²) in [6, 6.07) is 5.06. The molecule has 2 aliphatic rings. The number of hydrogen-bond donors (Lipinski definition) is 2. The van der Waals surface area contributed by atoms with Crippen molar-refractivity contribution in [2.75, 3.05) is 20.3 Å². The van der Waals surface area contributed by atoms with Crippen LogP contribution in [0, 0.1) is 0 Å². The van der Waals surface area contributed by atoms with Gasteiger partial charge in [0.15, 0.2) is 17.5 Å². The zero-order valence-corrected chi connectivity index (χ0v) is 9.90. The fourth-order valence-corrected chi connectivity index (χ4v) is 2.02. The Hall–Kier alpha value is -2.24. The van der Waals surface area contributed by atoms with Crippen molar-refractivity contribution < 1.29 is 14.3 Å². The Balaban J connectivity index is 1.91. The van der Waals surface area contributed by atoms with E-state index in [1.165, 1.54) is 0 Å². The molecular formula is C12H13N3O3. The smallest absolute Gasteiger partial charge is 0.253 e. The van der Waals surface area contributed by atoms with Crippen LogP contribution in [0.2, 0.25) is 0 Å². The van der Waals surface area contributed by atoms with Crippen LogP contribution in [0.15, 0.2) is 23.2 Å². The summed E-state index contributed by atoms with van der Waals surface area (Å²) < 4.78 is 10.9. The first-order chi connectivity index (χ1) is 8.78. The van der Waals surface area contributed by atoms with Gasteiger partial charge in [-0.2, -0.15) is 0 Å². The minimum Gasteiger partial charge on any atom is -0.486 e. The van der Waals surface area contributed by atoms with Gasteiger partial charge in [0.25, 0.3) is 5.91 Å². The molecule has 1 aromatic rings. The number of carbonyl (C=O) groups is 1. The van der Waals surface area contributed by atoms with E-state index in [-0.39, 0.29) is 5.91 Å². The lowest BCUT2D eigenvalue weighted by atomic mass is 10.1. The summed E-state index contributed by atoms with van der Waals surface area (Å²) in [7, 11) is 1.62. The molecule has 1 amide bonds. The number of ether oxygens (including phenoxy) is 2. The number of hydrogen-bond acceptors (Lipinski definition) is 4. The number of amides is 1. The number of rotatable bonds is 1. The molecule has 2 N–H and O–H groups in total. The third-order valence-electron chi connectivity index (χ3n) is 2.91. The van der Waals surface area contributed by atoms with Crippen molar-refractivity contribution in [3.8, 4) is 11.5 Å². The Kier molecular flexibility index (Phi) is 2.55. The molecule has 1 fully saturated rings. The largest absolute Gasteiger partial charge is 0.486 e. The number of guanidine groups is 1. The number of benzene rings is 1. The quantitative estimate of drug-likeness (QED) is 0.744. The van der Waals surface area contributed by atoms with Gasteiger partial charge in [0, 0.05) is 7.05 Å². The van der Waals surface area contributed by atoms with E-state index in [1.54, 1.807) is 7.05 Å². The van der Waals surface area contributed by atoms with Crippen LogP contribution in [0.25, 0.3) is 0 Å². The summed E-state index contributed by atoms with van der Waals surface area (Å²) in [6.07, 6.45) is 0. The fourth-order valence-electron chi connectivity index (χ4n) is 2.02. The van der Waals surface area contributed by atoms with Crippen molar-refractivity contribution >= 4 is 11.9 Å². The molecule has 1 aromatic carbocycles. The van der Waals surface area contributed by atoms with Gasteiger partial charge in [-0.1, -0.05) is 6.07 Å². The Morgan fingerprint density at radius 3 is 2.78 bits per heavy atom. The van der Waals surface area contributed by atoms with Gasteiger partial charge < -0.3 is 14.8 Å². The maximum atomic E-state index is 11.8. The molecule has 0 aliphatic carbocycles. The standard InChI is InChI=1S/C12H13N3O3/c1-13-12-14-10(11(16)15-12)7-2-3-8-9(6-7)18-5-4-17-8/h2-3,6,10H,4-5H2,1H3,(H2,13,14,15,16). The summed E-state index contributed by atoms with van der Waals surface area (Å²) in [5, 5.41) is 5.67. The van der Waals surface area contributed by atoms with Crippen LogP contribution < -0.4 is 20.1 Å². The number of nitrogens with one attached hydrogen (secondary N) is 2. The molecule has 1 saturated heterocycles. The van der Waals surface area contributed by atoms with Gasteiger partial charge in [-0.15, -0.1) is 0 Å². The molecule has 1 atom stereocenters. The SMILES string of the molecule is CN=C1NC(=O)C(c2ccc3c(c2)OCCO3)N1. The van der Waals surface area contributed by atoms with Crippen LogP contribution in [0.1, 0.15) is 11.6 Å². The van der Waals surface area contributed by atoms with Gasteiger partial charge in [-0.3, -0.25) is 15.1 Å².